The summed E-state index contributed by atoms with van der Waals surface area (Å²) in [5.41, 5.74) is 6.77. The van der Waals surface area contributed by atoms with Crippen LogP contribution >= 0.6 is 0 Å². The Morgan fingerprint density at radius 1 is 1.41 bits per heavy atom. The van der Waals surface area contributed by atoms with E-state index in [2.05, 4.69) is 5.32 Å². The van der Waals surface area contributed by atoms with E-state index in [1.807, 2.05) is 0 Å². The smallest absolute Gasteiger partial charge is 0.256 e. The minimum absolute atomic E-state index is 0.118. The highest BCUT2D eigenvalue weighted by Gasteiger charge is 2.21. The molecule has 0 aromatic heterocycles. The van der Waals surface area contributed by atoms with Gasteiger partial charge in [-0.3, -0.25) is 4.79 Å². The van der Waals surface area contributed by atoms with Crippen LogP contribution in [-0.4, -0.2) is 37.0 Å². The minimum atomic E-state index is -0.376. The predicted octanol–water partition coefficient (Wildman–Crippen LogP) is 0.762. The van der Waals surface area contributed by atoms with E-state index < -0.39 is 0 Å². The summed E-state index contributed by atoms with van der Waals surface area (Å²) in [5.74, 6) is -0.494. The first-order valence-electron chi connectivity index (χ1n) is 5.66. The van der Waals surface area contributed by atoms with Crippen LogP contribution in [0.15, 0.2) is 12.1 Å². The van der Waals surface area contributed by atoms with Crippen molar-refractivity contribution < 1.29 is 9.18 Å². The fourth-order valence-corrected chi connectivity index (χ4v) is 1.93. The molecule has 1 aliphatic heterocycles. The Hall–Kier alpha value is -1.62. The molecule has 1 amide bonds. The minimum Gasteiger partial charge on any atom is -0.398 e. The number of carbonyl (C=O) groups excluding carboxylic acids is 1. The highest BCUT2D eigenvalue weighted by molar-refractivity contribution is 5.99. The summed E-state index contributed by atoms with van der Waals surface area (Å²) < 4.78 is 13.3. The highest BCUT2D eigenvalue weighted by atomic mass is 19.1. The lowest BCUT2D eigenvalue weighted by atomic mass is 10.1. The first-order chi connectivity index (χ1) is 8.11. The van der Waals surface area contributed by atoms with Crippen LogP contribution in [0.4, 0.5) is 10.1 Å². The van der Waals surface area contributed by atoms with Crippen molar-refractivity contribution in [2.45, 2.75) is 6.92 Å². The Labute approximate surface area is 99.6 Å². The van der Waals surface area contributed by atoms with Gasteiger partial charge in [0.15, 0.2) is 0 Å². The van der Waals surface area contributed by atoms with Gasteiger partial charge in [0.05, 0.1) is 11.3 Å². The Morgan fingerprint density at radius 2 is 2.06 bits per heavy atom. The zero-order chi connectivity index (χ0) is 12.4. The monoisotopic (exact) mass is 237 g/mol. The number of piperazine rings is 1. The Bertz CT molecular complexity index is 442. The maximum Gasteiger partial charge on any atom is 0.256 e. The lowest BCUT2D eigenvalue weighted by molar-refractivity contribution is 0.0737. The van der Waals surface area contributed by atoms with Crippen LogP contribution in [-0.2, 0) is 0 Å². The molecule has 1 saturated heterocycles. The third-order valence-electron chi connectivity index (χ3n) is 3.08. The largest absolute Gasteiger partial charge is 0.398 e. The molecule has 0 atom stereocenters. The predicted molar refractivity (Wildman–Crippen MR) is 64.3 cm³/mol. The van der Waals surface area contributed by atoms with Crippen molar-refractivity contribution in [2.24, 2.45) is 0 Å². The number of nitrogen functional groups attached to an aromatic ring is 1. The summed E-state index contributed by atoms with van der Waals surface area (Å²) in [6, 6.07) is 2.75. The van der Waals surface area contributed by atoms with E-state index in [-0.39, 0.29) is 17.4 Å². The number of nitrogens with one attached hydrogen (secondary N) is 1. The van der Waals surface area contributed by atoms with Crippen LogP contribution < -0.4 is 11.1 Å². The molecule has 0 spiro atoms. The quantitative estimate of drug-likeness (QED) is 0.709. The molecule has 4 nitrogen and oxygen atoms in total. The summed E-state index contributed by atoms with van der Waals surface area (Å²) in [6.07, 6.45) is 0. The molecule has 1 aromatic rings. The molecule has 0 aliphatic carbocycles. The van der Waals surface area contributed by atoms with Gasteiger partial charge >= 0.3 is 0 Å². The number of amides is 1. The number of anilines is 1. The molecule has 1 aromatic carbocycles. The third-order valence-corrected chi connectivity index (χ3v) is 3.08. The average molecular weight is 237 g/mol. The van der Waals surface area contributed by atoms with Gasteiger partial charge in [-0.25, -0.2) is 4.39 Å². The van der Waals surface area contributed by atoms with Crippen LogP contribution in [0.5, 0.6) is 0 Å². The second-order valence-electron chi connectivity index (χ2n) is 4.18. The molecular formula is C12H16FN3O. The topological polar surface area (TPSA) is 58.4 Å². The average Bonchev–Trinajstić information content (AvgIpc) is 2.36. The number of nitrogens with zero attached hydrogens (tertiary/aromatic N) is 1. The number of hydrogen-bond donors (Lipinski definition) is 2. The first kappa shape index (κ1) is 11.9. The lowest BCUT2D eigenvalue weighted by Gasteiger charge is -2.28. The van der Waals surface area contributed by atoms with Crippen molar-refractivity contribution >= 4 is 11.6 Å². The molecule has 0 bridgehead atoms. The van der Waals surface area contributed by atoms with E-state index >= 15 is 0 Å². The van der Waals surface area contributed by atoms with E-state index in [9.17, 15) is 9.18 Å². The van der Waals surface area contributed by atoms with Gasteiger partial charge in [-0.15, -0.1) is 0 Å². The molecule has 17 heavy (non-hydrogen) atoms. The number of benzene rings is 1. The summed E-state index contributed by atoms with van der Waals surface area (Å²) in [5, 5.41) is 3.17. The standard InChI is InChI=1S/C12H16FN3O/c1-8-10(13)3-2-9(11(8)14)12(17)16-6-4-15-5-7-16/h2-3,15H,4-7,14H2,1H3. The molecule has 1 aliphatic rings. The van der Waals surface area contributed by atoms with Crippen LogP contribution in [0, 0.1) is 12.7 Å². The molecule has 3 N–H and O–H groups in total. The summed E-state index contributed by atoms with van der Waals surface area (Å²) in [4.78, 5) is 13.9. The molecule has 0 unspecified atom stereocenters. The Balaban J connectivity index is 2.27. The van der Waals surface area contributed by atoms with E-state index in [0.717, 1.165) is 13.1 Å². The van der Waals surface area contributed by atoms with Crippen LogP contribution in [0.3, 0.4) is 0 Å². The normalized spacial score (nSPS) is 16.0. The number of rotatable bonds is 1. The summed E-state index contributed by atoms with van der Waals surface area (Å²) >= 11 is 0. The Kier molecular flexibility index (Phi) is 3.28. The summed E-state index contributed by atoms with van der Waals surface area (Å²) in [6.45, 7) is 4.47. The van der Waals surface area contributed by atoms with Crippen LogP contribution in [0.25, 0.3) is 0 Å². The molecular weight excluding hydrogens is 221 g/mol. The number of carbonyl (C=O) groups is 1. The van der Waals surface area contributed by atoms with Crippen LogP contribution in [0.2, 0.25) is 0 Å². The van der Waals surface area contributed by atoms with Gasteiger partial charge in [0, 0.05) is 31.7 Å². The molecule has 0 saturated carbocycles. The zero-order valence-corrected chi connectivity index (χ0v) is 9.79. The van der Waals surface area contributed by atoms with Gasteiger partial charge < -0.3 is 16.0 Å². The first-order valence-corrected chi connectivity index (χ1v) is 5.66. The SMILES string of the molecule is Cc1c(F)ccc(C(=O)N2CCNCC2)c1N. The van der Waals surface area contributed by atoms with Gasteiger partial charge in [-0.2, -0.15) is 0 Å². The molecule has 5 heteroatoms. The highest BCUT2D eigenvalue weighted by Crippen LogP contribution is 2.21. The number of hydrogen-bond acceptors (Lipinski definition) is 3. The molecule has 1 fully saturated rings. The number of nitrogens with two attached hydrogens (primary N) is 1. The van der Waals surface area contributed by atoms with Gasteiger partial charge in [-0.05, 0) is 19.1 Å². The van der Waals surface area contributed by atoms with Gasteiger partial charge in [0.1, 0.15) is 5.82 Å². The maximum absolute atomic E-state index is 13.3. The molecule has 1 heterocycles. The second kappa shape index (κ2) is 4.71. The van der Waals surface area contributed by atoms with E-state index in [1.54, 1.807) is 11.8 Å². The third kappa shape index (κ3) is 2.24. The van der Waals surface area contributed by atoms with Gasteiger partial charge in [0.2, 0.25) is 0 Å². The zero-order valence-electron chi connectivity index (χ0n) is 9.79. The van der Waals surface area contributed by atoms with Gasteiger partial charge in [0.25, 0.3) is 5.91 Å². The molecule has 2 rings (SSSR count). The van der Waals surface area contributed by atoms with Crippen molar-refractivity contribution in [2.75, 3.05) is 31.9 Å². The van der Waals surface area contributed by atoms with Crippen molar-refractivity contribution in [1.29, 1.82) is 0 Å². The summed E-state index contributed by atoms with van der Waals surface area (Å²) in [7, 11) is 0. The van der Waals surface area contributed by atoms with Crippen LogP contribution in [0.1, 0.15) is 15.9 Å². The molecule has 0 radical (unpaired) electrons. The van der Waals surface area contributed by atoms with Crippen molar-refractivity contribution in [3.05, 3.63) is 29.1 Å². The maximum atomic E-state index is 13.3. The van der Waals surface area contributed by atoms with Crippen molar-refractivity contribution in [3.8, 4) is 0 Å². The lowest BCUT2D eigenvalue weighted by Crippen LogP contribution is -2.46. The second-order valence-corrected chi connectivity index (χ2v) is 4.18. The van der Waals surface area contributed by atoms with E-state index in [0.29, 0.717) is 24.2 Å². The Morgan fingerprint density at radius 3 is 2.71 bits per heavy atom. The fourth-order valence-electron chi connectivity index (χ4n) is 1.93. The number of halogens is 1. The van der Waals surface area contributed by atoms with Gasteiger partial charge in [-0.1, -0.05) is 0 Å². The van der Waals surface area contributed by atoms with Crippen molar-refractivity contribution in [1.82, 2.24) is 10.2 Å². The van der Waals surface area contributed by atoms with Crippen molar-refractivity contribution in [3.63, 3.8) is 0 Å². The fraction of sp³-hybridized carbons (Fsp3) is 0.417. The molecule has 92 valence electrons. The van der Waals surface area contributed by atoms with E-state index in [4.69, 9.17) is 5.73 Å². The van der Waals surface area contributed by atoms with E-state index in [1.165, 1.54) is 12.1 Å².